The quantitative estimate of drug-likeness (QED) is 0.605. The van der Waals surface area contributed by atoms with Crippen molar-refractivity contribution in [1.82, 2.24) is 0 Å². The van der Waals surface area contributed by atoms with E-state index in [2.05, 4.69) is 0 Å². The van der Waals surface area contributed by atoms with Crippen LogP contribution in [0.4, 0.5) is 0 Å². The second-order valence-electron chi connectivity index (χ2n) is 9.43. The molecule has 2 aromatic carbocycles. The molecule has 0 saturated heterocycles. The molecule has 4 aliphatic carbocycles. The van der Waals surface area contributed by atoms with E-state index in [1.165, 1.54) is 19.3 Å². The van der Waals surface area contributed by atoms with Crippen LogP contribution in [0.5, 0.6) is 5.75 Å². The molecule has 0 aromatic heterocycles. The van der Waals surface area contributed by atoms with Gasteiger partial charge < -0.3 is 9.47 Å². The van der Waals surface area contributed by atoms with Crippen LogP contribution >= 0.6 is 0 Å². The molecule has 4 saturated carbocycles. The van der Waals surface area contributed by atoms with Crippen LogP contribution in [0.2, 0.25) is 0 Å². The highest BCUT2D eigenvalue weighted by Gasteiger charge is 2.54. The molecular formula is C26H28O4. The Bertz CT molecular complexity index is 898. The number of rotatable bonds is 7. The minimum atomic E-state index is -0.490. The van der Waals surface area contributed by atoms with Crippen LogP contribution < -0.4 is 4.74 Å². The van der Waals surface area contributed by atoms with Gasteiger partial charge in [-0.3, -0.25) is 4.79 Å². The molecule has 0 radical (unpaired) electrons. The predicted octanol–water partition coefficient (Wildman–Crippen LogP) is 5.06. The van der Waals surface area contributed by atoms with Crippen molar-refractivity contribution in [1.29, 1.82) is 0 Å². The number of hydrogen-bond acceptors (Lipinski definition) is 4. The molecule has 156 valence electrons. The molecule has 2 aromatic rings. The molecule has 0 N–H and O–H groups in total. The second-order valence-corrected chi connectivity index (χ2v) is 9.43. The first kappa shape index (κ1) is 19.3. The lowest BCUT2D eigenvalue weighted by Crippen LogP contribution is -2.51. The summed E-state index contributed by atoms with van der Waals surface area (Å²) >= 11 is 0. The van der Waals surface area contributed by atoms with Crippen LogP contribution in [-0.4, -0.2) is 25.0 Å². The standard InChI is InChI=1S/C26H28O4/c27-24(26-13-18-10-19(14-26)12-20(11-18)15-26)16-30-25(28)17-29-23-9-5-4-8-22(23)21-6-2-1-3-7-21/h1-9,18-20H,10-17H2. The first-order valence-electron chi connectivity index (χ1n) is 11.1. The third-order valence-corrected chi connectivity index (χ3v) is 7.31. The largest absolute Gasteiger partial charge is 0.481 e. The van der Waals surface area contributed by atoms with Gasteiger partial charge in [0.2, 0.25) is 0 Å². The zero-order chi connectivity index (χ0) is 20.6. The molecule has 4 heteroatoms. The average Bonchev–Trinajstić information content (AvgIpc) is 2.76. The van der Waals surface area contributed by atoms with Crippen molar-refractivity contribution < 1.29 is 19.1 Å². The maximum atomic E-state index is 13.0. The molecule has 4 nitrogen and oxygen atoms in total. The SMILES string of the molecule is O=C(COc1ccccc1-c1ccccc1)OCC(=O)C12CC3CC(CC(C3)C1)C2. The normalized spacial score (nSPS) is 28.9. The number of ether oxygens (including phenoxy) is 2. The third kappa shape index (κ3) is 3.76. The zero-order valence-electron chi connectivity index (χ0n) is 17.2. The molecule has 0 heterocycles. The van der Waals surface area contributed by atoms with Gasteiger partial charge in [0.15, 0.2) is 19.0 Å². The second kappa shape index (κ2) is 7.90. The molecule has 4 bridgehead atoms. The van der Waals surface area contributed by atoms with Crippen molar-refractivity contribution in [3.05, 3.63) is 54.6 Å². The number of para-hydroxylation sites is 1. The number of carbonyl (C=O) groups excluding carboxylic acids is 2. The van der Waals surface area contributed by atoms with Crippen molar-refractivity contribution >= 4 is 11.8 Å². The summed E-state index contributed by atoms with van der Waals surface area (Å²) in [4.78, 5) is 25.3. The summed E-state index contributed by atoms with van der Waals surface area (Å²) in [6.45, 7) is -0.313. The van der Waals surface area contributed by atoms with E-state index < -0.39 is 5.97 Å². The first-order chi connectivity index (χ1) is 14.6. The summed E-state index contributed by atoms with van der Waals surface area (Å²) in [5.41, 5.74) is 1.73. The van der Waals surface area contributed by atoms with Gasteiger partial charge in [-0.1, -0.05) is 48.5 Å². The average molecular weight is 405 g/mol. The topological polar surface area (TPSA) is 52.6 Å². The molecule has 30 heavy (non-hydrogen) atoms. The van der Waals surface area contributed by atoms with Crippen LogP contribution in [0, 0.1) is 23.2 Å². The Morgan fingerprint density at radius 3 is 2.07 bits per heavy atom. The Morgan fingerprint density at radius 2 is 1.40 bits per heavy atom. The highest BCUT2D eigenvalue weighted by molar-refractivity contribution is 5.88. The maximum Gasteiger partial charge on any atom is 0.344 e. The summed E-state index contributed by atoms with van der Waals surface area (Å²) in [5.74, 6) is 2.37. The van der Waals surface area contributed by atoms with Crippen molar-refractivity contribution in [2.24, 2.45) is 23.2 Å². The highest BCUT2D eigenvalue weighted by atomic mass is 16.6. The third-order valence-electron chi connectivity index (χ3n) is 7.31. The van der Waals surface area contributed by atoms with Gasteiger partial charge in [0, 0.05) is 11.0 Å². The minimum absolute atomic E-state index is 0.116. The Balaban J connectivity index is 1.17. The monoisotopic (exact) mass is 404 g/mol. The smallest absolute Gasteiger partial charge is 0.344 e. The molecule has 0 atom stereocenters. The summed E-state index contributed by atoms with van der Waals surface area (Å²) in [6.07, 6.45) is 6.87. The molecular weight excluding hydrogens is 376 g/mol. The fourth-order valence-electron chi connectivity index (χ4n) is 6.38. The summed E-state index contributed by atoms with van der Waals surface area (Å²) < 4.78 is 11.1. The van der Waals surface area contributed by atoms with E-state index in [0.717, 1.165) is 30.4 Å². The van der Waals surface area contributed by atoms with Gasteiger partial charge in [0.1, 0.15) is 5.75 Å². The van der Waals surface area contributed by atoms with Gasteiger partial charge in [-0.15, -0.1) is 0 Å². The fourth-order valence-corrected chi connectivity index (χ4v) is 6.38. The van der Waals surface area contributed by atoms with Crippen LogP contribution in [0.15, 0.2) is 54.6 Å². The first-order valence-corrected chi connectivity index (χ1v) is 11.1. The molecule has 4 fully saturated rings. The van der Waals surface area contributed by atoms with Gasteiger partial charge in [-0.2, -0.15) is 0 Å². The molecule has 0 amide bonds. The van der Waals surface area contributed by atoms with E-state index in [4.69, 9.17) is 9.47 Å². The molecule has 0 aliphatic heterocycles. The van der Waals surface area contributed by atoms with E-state index >= 15 is 0 Å². The van der Waals surface area contributed by atoms with Gasteiger partial charge >= 0.3 is 5.97 Å². The number of carbonyl (C=O) groups is 2. The van der Waals surface area contributed by atoms with E-state index in [0.29, 0.717) is 23.5 Å². The highest BCUT2D eigenvalue weighted by Crippen LogP contribution is 2.60. The van der Waals surface area contributed by atoms with Crippen LogP contribution in [0.25, 0.3) is 11.1 Å². The fraction of sp³-hybridized carbons (Fsp3) is 0.462. The Hall–Kier alpha value is -2.62. The van der Waals surface area contributed by atoms with Crippen molar-refractivity contribution in [3.8, 4) is 16.9 Å². The van der Waals surface area contributed by atoms with Crippen molar-refractivity contribution in [2.45, 2.75) is 38.5 Å². The molecule has 6 rings (SSSR count). The van der Waals surface area contributed by atoms with Crippen LogP contribution in [0.1, 0.15) is 38.5 Å². The van der Waals surface area contributed by atoms with Crippen LogP contribution in [0.3, 0.4) is 0 Å². The lowest BCUT2D eigenvalue weighted by Gasteiger charge is -2.55. The minimum Gasteiger partial charge on any atom is -0.481 e. The Kier molecular flexibility index (Phi) is 5.10. The van der Waals surface area contributed by atoms with Crippen molar-refractivity contribution in [3.63, 3.8) is 0 Å². The summed E-state index contributed by atoms with van der Waals surface area (Å²) in [6, 6.07) is 17.5. The van der Waals surface area contributed by atoms with Gasteiger partial charge in [0.25, 0.3) is 0 Å². The lowest BCUT2D eigenvalue weighted by atomic mass is 9.48. The Morgan fingerprint density at radius 1 is 0.800 bits per heavy atom. The molecule has 0 unspecified atom stereocenters. The summed E-state index contributed by atoms with van der Waals surface area (Å²) in [7, 11) is 0. The van der Waals surface area contributed by atoms with Gasteiger partial charge in [-0.05, 0) is 67.9 Å². The number of hydrogen-bond donors (Lipinski definition) is 0. The predicted molar refractivity (Wildman–Crippen MR) is 114 cm³/mol. The number of esters is 1. The van der Waals surface area contributed by atoms with Gasteiger partial charge in [-0.25, -0.2) is 4.79 Å². The summed E-state index contributed by atoms with van der Waals surface area (Å²) in [5, 5.41) is 0. The maximum absolute atomic E-state index is 13.0. The van der Waals surface area contributed by atoms with Crippen molar-refractivity contribution in [2.75, 3.05) is 13.2 Å². The lowest BCUT2D eigenvalue weighted by molar-refractivity contribution is -0.158. The van der Waals surface area contributed by atoms with E-state index in [1.807, 2.05) is 54.6 Å². The van der Waals surface area contributed by atoms with Gasteiger partial charge in [0.05, 0.1) is 0 Å². The molecule has 4 aliphatic rings. The van der Waals surface area contributed by atoms with E-state index in [-0.39, 0.29) is 24.4 Å². The van der Waals surface area contributed by atoms with Crippen LogP contribution in [-0.2, 0) is 14.3 Å². The number of benzene rings is 2. The molecule has 0 spiro atoms. The van der Waals surface area contributed by atoms with E-state index in [1.54, 1.807) is 0 Å². The Labute approximate surface area is 177 Å². The number of Topliss-reactive ketones (excluding diaryl/α,β-unsaturated/α-hetero) is 1. The van der Waals surface area contributed by atoms with E-state index in [9.17, 15) is 9.59 Å². The zero-order valence-corrected chi connectivity index (χ0v) is 17.2. The number of ketones is 1.